The fourth-order valence-electron chi connectivity index (χ4n) is 0.810. The van der Waals surface area contributed by atoms with Gasteiger partial charge in [0.1, 0.15) is 6.04 Å². The molecule has 11 heavy (non-hydrogen) atoms. The first-order chi connectivity index (χ1) is 5.07. The van der Waals surface area contributed by atoms with Gasteiger partial charge in [-0.15, -0.1) is 0 Å². The van der Waals surface area contributed by atoms with Crippen LogP contribution in [0, 0.1) is 0 Å². The van der Waals surface area contributed by atoms with E-state index in [4.69, 9.17) is 5.11 Å². The van der Waals surface area contributed by atoms with Crippen LogP contribution in [-0.4, -0.2) is 28.9 Å². The zero-order valence-electron chi connectivity index (χ0n) is 6.87. The molecule has 0 heterocycles. The molecule has 0 aromatic heterocycles. The van der Waals surface area contributed by atoms with E-state index in [1.807, 2.05) is 13.8 Å². The average molecular weight is 177 g/mol. The zero-order chi connectivity index (χ0) is 8.85. The van der Waals surface area contributed by atoms with E-state index in [2.05, 4.69) is 17.9 Å². The van der Waals surface area contributed by atoms with Crippen LogP contribution in [0.2, 0.25) is 0 Å². The number of hydrogen-bond donors (Lipinski definition) is 3. The van der Waals surface area contributed by atoms with Crippen molar-refractivity contribution in [2.24, 2.45) is 0 Å². The van der Waals surface area contributed by atoms with E-state index >= 15 is 0 Å². The molecule has 0 saturated carbocycles. The molecule has 0 aromatic rings. The van der Waals surface area contributed by atoms with Crippen molar-refractivity contribution in [2.75, 3.05) is 5.75 Å². The van der Waals surface area contributed by atoms with Crippen LogP contribution in [0.3, 0.4) is 0 Å². The van der Waals surface area contributed by atoms with Crippen molar-refractivity contribution in [3.8, 4) is 0 Å². The molecule has 2 N–H and O–H groups in total. The summed E-state index contributed by atoms with van der Waals surface area (Å²) in [5.74, 6) is -0.204. The molecular weight excluding hydrogens is 162 g/mol. The first-order valence-electron chi connectivity index (χ1n) is 3.67. The van der Waals surface area contributed by atoms with Gasteiger partial charge in [0.2, 0.25) is 0 Å². The summed E-state index contributed by atoms with van der Waals surface area (Å²) in [6, 6.07) is -0.247. The van der Waals surface area contributed by atoms with Crippen molar-refractivity contribution in [3.05, 3.63) is 0 Å². The monoisotopic (exact) mass is 177 g/mol. The smallest absolute Gasteiger partial charge is 0.320 e. The number of thiol groups is 1. The van der Waals surface area contributed by atoms with Crippen molar-refractivity contribution in [2.45, 2.75) is 32.4 Å². The summed E-state index contributed by atoms with van der Waals surface area (Å²) in [7, 11) is 0. The lowest BCUT2D eigenvalue weighted by Crippen LogP contribution is -2.41. The van der Waals surface area contributed by atoms with Crippen LogP contribution < -0.4 is 5.32 Å². The Bertz CT molecular complexity index is 128. The lowest BCUT2D eigenvalue weighted by Gasteiger charge is -2.15. The van der Waals surface area contributed by atoms with Gasteiger partial charge in [0.25, 0.3) is 0 Å². The molecule has 0 fully saturated rings. The second kappa shape index (κ2) is 5.43. The van der Waals surface area contributed by atoms with Gasteiger partial charge >= 0.3 is 5.97 Å². The summed E-state index contributed by atoms with van der Waals surface area (Å²) in [5.41, 5.74) is 0. The lowest BCUT2D eigenvalue weighted by molar-refractivity contribution is -0.139. The number of aliphatic carboxylic acids is 1. The molecule has 0 saturated heterocycles. The Morgan fingerprint density at radius 2 is 2.18 bits per heavy atom. The van der Waals surface area contributed by atoms with Gasteiger partial charge in [-0.2, -0.15) is 12.6 Å². The van der Waals surface area contributed by atoms with E-state index in [0.29, 0.717) is 12.2 Å². The first kappa shape index (κ1) is 10.8. The molecular formula is C7H15NO2S. The highest BCUT2D eigenvalue weighted by Crippen LogP contribution is 1.96. The predicted octanol–water partition coefficient (Wildman–Crippen LogP) is 0.757. The molecule has 66 valence electrons. The van der Waals surface area contributed by atoms with Gasteiger partial charge in [-0.1, -0.05) is 13.8 Å². The summed E-state index contributed by atoms with van der Waals surface area (Å²) in [5, 5.41) is 11.6. The Kier molecular flexibility index (Phi) is 5.32. The Hall–Kier alpha value is -0.220. The second-order valence-electron chi connectivity index (χ2n) is 2.72. The van der Waals surface area contributed by atoms with Crippen LogP contribution in [0.5, 0.6) is 0 Å². The third-order valence-electron chi connectivity index (χ3n) is 1.25. The van der Waals surface area contributed by atoms with E-state index < -0.39 is 12.0 Å². The van der Waals surface area contributed by atoms with Crippen LogP contribution >= 0.6 is 12.6 Å². The number of carboxylic acid groups (broad SMARTS) is 1. The van der Waals surface area contributed by atoms with Crippen molar-refractivity contribution >= 4 is 18.6 Å². The Balaban J connectivity index is 3.79. The average Bonchev–Trinajstić information content (AvgIpc) is 1.86. The summed E-state index contributed by atoms with van der Waals surface area (Å²) >= 11 is 3.97. The third-order valence-corrected chi connectivity index (χ3v) is 1.51. The fourth-order valence-corrected chi connectivity index (χ4v) is 1.07. The lowest BCUT2D eigenvalue weighted by atomic mass is 10.2. The van der Waals surface area contributed by atoms with E-state index in [1.165, 1.54) is 0 Å². The van der Waals surface area contributed by atoms with Crippen LogP contribution in [0.4, 0.5) is 0 Å². The minimum absolute atomic E-state index is 0.205. The maximum Gasteiger partial charge on any atom is 0.320 e. The van der Waals surface area contributed by atoms with Crippen molar-refractivity contribution in [3.63, 3.8) is 0 Å². The van der Waals surface area contributed by atoms with E-state index in [0.717, 1.165) is 0 Å². The van der Waals surface area contributed by atoms with Crippen molar-refractivity contribution < 1.29 is 9.90 Å². The Morgan fingerprint density at radius 3 is 2.45 bits per heavy atom. The van der Waals surface area contributed by atoms with Gasteiger partial charge in [0.05, 0.1) is 0 Å². The molecule has 0 bridgehead atoms. The molecule has 0 rings (SSSR count). The van der Waals surface area contributed by atoms with Crippen molar-refractivity contribution in [1.29, 1.82) is 0 Å². The number of hydrogen-bond acceptors (Lipinski definition) is 3. The number of nitrogens with one attached hydrogen (secondary N) is 1. The molecule has 1 atom stereocenters. The number of carboxylic acids is 1. The van der Waals surface area contributed by atoms with Gasteiger partial charge < -0.3 is 10.4 Å². The molecule has 0 amide bonds. The van der Waals surface area contributed by atoms with Crippen LogP contribution in [-0.2, 0) is 4.79 Å². The van der Waals surface area contributed by atoms with E-state index in [-0.39, 0.29) is 6.04 Å². The maximum atomic E-state index is 10.5. The van der Waals surface area contributed by atoms with Gasteiger partial charge in [0.15, 0.2) is 0 Å². The molecule has 0 aliphatic rings. The van der Waals surface area contributed by atoms with Crippen molar-refractivity contribution in [1.82, 2.24) is 5.32 Å². The molecule has 0 aliphatic heterocycles. The van der Waals surface area contributed by atoms with Crippen LogP contribution in [0.15, 0.2) is 0 Å². The largest absolute Gasteiger partial charge is 0.480 e. The second-order valence-corrected chi connectivity index (χ2v) is 3.17. The molecule has 1 unspecified atom stereocenters. The SMILES string of the molecule is CC(C)NC(CCS)C(=O)O. The minimum atomic E-state index is -0.798. The molecule has 0 spiro atoms. The third kappa shape index (κ3) is 5.09. The maximum absolute atomic E-state index is 10.5. The minimum Gasteiger partial charge on any atom is -0.480 e. The van der Waals surface area contributed by atoms with Gasteiger partial charge in [-0.25, -0.2) is 0 Å². The molecule has 4 heteroatoms. The summed E-state index contributed by atoms with van der Waals surface area (Å²) in [4.78, 5) is 10.5. The Labute approximate surface area is 72.6 Å². The zero-order valence-corrected chi connectivity index (χ0v) is 7.77. The standard InChI is InChI=1S/C7H15NO2S/c1-5(2)8-6(3-4-11)7(9)10/h5-6,8,11H,3-4H2,1-2H3,(H,9,10). The molecule has 0 aromatic carbocycles. The van der Waals surface area contributed by atoms with E-state index in [1.54, 1.807) is 0 Å². The van der Waals surface area contributed by atoms with Crippen LogP contribution in [0.1, 0.15) is 20.3 Å². The highest BCUT2D eigenvalue weighted by molar-refractivity contribution is 7.80. The molecule has 3 nitrogen and oxygen atoms in total. The molecule has 0 aliphatic carbocycles. The summed E-state index contributed by atoms with van der Waals surface area (Å²) in [6.45, 7) is 3.85. The number of carbonyl (C=O) groups is 1. The van der Waals surface area contributed by atoms with E-state index in [9.17, 15) is 4.79 Å². The highest BCUT2D eigenvalue weighted by atomic mass is 32.1. The summed E-state index contributed by atoms with van der Waals surface area (Å²) < 4.78 is 0. The van der Waals surface area contributed by atoms with Gasteiger partial charge in [0, 0.05) is 6.04 Å². The fraction of sp³-hybridized carbons (Fsp3) is 0.857. The quantitative estimate of drug-likeness (QED) is 0.543. The highest BCUT2D eigenvalue weighted by Gasteiger charge is 2.15. The van der Waals surface area contributed by atoms with Gasteiger partial charge in [-0.3, -0.25) is 4.79 Å². The first-order valence-corrected chi connectivity index (χ1v) is 4.31. The van der Waals surface area contributed by atoms with Gasteiger partial charge in [-0.05, 0) is 12.2 Å². The normalized spacial score (nSPS) is 13.5. The predicted molar refractivity (Wildman–Crippen MR) is 48.2 cm³/mol. The molecule has 0 radical (unpaired) electrons. The van der Waals surface area contributed by atoms with Crippen LogP contribution in [0.25, 0.3) is 0 Å². The summed E-state index contributed by atoms with van der Waals surface area (Å²) in [6.07, 6.45) is 0.566. The topological polar surface area (TPSA) is 49.3 Å². The number of rotatable bonds is 5. The Morgan fingerprint density at radius 1 is 1.64 bits per heavy atom.